The van der Waals surface area contributed by atoms with Gasteiger partial charge in [0.1, 0.15) is 10.4 Å². The second kappa shape index (κ2) is 5.02. The zero-order chi connectivity index (χ0) is 16.0. The van der Waals surface area contributed by atoms with E-state index in [4.69, 9.17) is 5.73 Å². The van der Waals surface area contributed by atoms with E-state index in [-0.39, 0.29) is 17.2 Å². The zero-order valence-electron chi connectivity index (χ0n) is 13.2. The normalized spacial score (nSPS) is 18.5. The van der Waals surface area contributed by atoms with Crippen LogP contribution >= 0.6 is 11.3 Å². The third-order valence-corrected chi connectivity index (χ3v) is 5.36. The Bertz CT molecular complexity index is 584. The van der Waals surface area contributed by atoms with Crippen molar-refractivity contribution in [2.75, 3.05) is 18.8 Å². The number of nitrogens with one attached hydrogen (secondary N) is 1. The minimum absolute atomic E-state index is 0.0495. The van der Waals surface area contributed by atoms with Gasteiger partial charge < -0.3 is 16.0 Å². The van der Waals surface area contributed by atoms with Crippen LogP contribution in [0.25, 0.3) is 0 Å². The molecule has 0 saturated carbocycles. The molecule has 1 saturated heterocycles. The zero-order valence-corrected chi connectivity index (χ0v) is 14.1. The standard InChI is InChI=1S/C15H23N3O2S/c1-14(2,3)10-8-9(16)11(21-10)12(19)18-7-6-17-13(20)15(18,4)5/h8H,6-7,16H2,1-5H3,(H,17,20). The fourth-order valence-corrected chi connectivity index (χ4v) is 3.41. The molecule has 116 valence electrons. The number of amides is 2. The van der Waals surface area contributed by atoms with Gasteiger partial charge in [0.2, 0.25) is 5.91 Å². The summed E-state index contributed by atoms with van der Waals surface area (Å²) >= 11 is 1.42. The quantitative estimate of drug-likeness (QED) is 0.833. The number of hydrogen-bond acceptors (Lipinski definition) is 4. The number of nitrogens with zero attached hydrogens (tertiary/aromatic N) is 1. The van der Waals surface area contributed by atoms with Gasteiger partial charge in [-0.05, 0) is 25.3 Å². The van der Waals surface area contributed by atoms with E-state index in [9.17, 15) is 9.59 Å². The van der Waals surface area contributed by atoms with Crippen molar-refractivity contribution in [3.8, 4) is 0 Å². The van der Waals surface area contributed by atoms with Gasteiger partial charge in [-0.2, -0.15) is 0 Å². The van der Waals surface area contributed by atoms with Gasteiger partial charge in [0.25, 0.3) is 5.91 Å². The van der Waals surface area contributed by atoms with Crippen LogP contribution < -0.4 is 11.1 Å². The maximum Gasteiger partial charge on any atom is 0.266 e. The lowest BCUT2D eigenvalue weighted by Crippen LogP contribution is -2.63. The molecule has 1 aromatic heterocycles. The van der Waals surface area contributed by atoms with Crippen molar-refractivity contribution in [2.45, 2.75) is 45.6 Å². The molecule has 3 N–H and O–H groups in total. The second-order valence-corrected chi connectivity index (χ2v) is 7.97. The van der Waals surface area contributed by atoms with E-state index in [1.165, 1.54) is 11.3 Å². The number of piperazine rings is 1. The molecule has 1 aliphatic rings. The molecule has 5 nitrogen and oxygen atoms in total. The highest BCUT2D eigenvalue weighted by Crippen LogP contribution is 2.35. The molecule has 21 heavy (non-hydrogen) atoms. The summed E-state index contributed by atoms with van der Waals surface area (Å²) < 4.78 is 0. The molecule has 0 radical (unpaired) electrons. The van der Waals surface area contributed by atoms with E-state index in [2.05, 4.69) is 26.1 Å². The minimum atomic E-state index is -0.854. The Morgan fingerprint density at radius 2 is 2.05 bits per heavy atom. The van der Waals surface area contributed by atoms with Gasteiger partial charge in [-0.15, -0.1) is 11.3 Å². The second-order valence-electron chi connectivity index (χ2n) is 6.92. The van der Waals surface area contributed by atoms with Crippen molar-refractivity contribution < 1.29 is 9.59 Å². The number of carbonyl (C=O) groups is 2. The molecule has 0 aromatic carbocycles. The summed E-state index contributed by atoms with van der Waals surface area (Å²) in [5, 5.41) is 2.79. The van der Waals surface area contributed by atoms with Crippen molar-refractivity contribution in [3.63, 3.8) is 0 Å². The molecule has 1 aliphatic heterocycles. The Morgan fingerprint density at radius 1 is 1.43 bits per heavy atom. The molecule has 1 fully saturated rings. The van der Waals surface area contributed by atoms with Crippen molar-refractivity contribution in [1.82, 2.24) is 10.2 Å². The molecular weight excluding hydrogens is 286 g/mol. The van der Waals surface area contributed by atoms with Crippen LogP contribution in [0.4, 0.5) is 5.69 Å². The minimum Gasteiger partial charge on any atom is -0.397 e. The van der Waals surface area contributed by atoms with E-state index < -0.39 is 5.54 Å². The summed E-state index contributed by atoms with van der Waals surface area (Å²) in [4.78, 5) is 28.0. The molecule has 0 unspecified atom stereocenters. The van der Waals surface area contributed by atoms with Gasteiger partial charge in [0.15, 0.2) is 0 Å². The largest absolute Gasteiger partial charge is 0.397 e. The molecule has 0 bridgehead atoms. The third kappa shape index (κ3) is 2.77. The SMILES string of the molecule is CC(C)(C)c1cc(N)c(C(=O)N2CCNC(=O)C2(C)C)s1. The fourth-order valence-electron chi connectivity index (χ4n) is 2.32. The van der Waals surface area contributed by atoms with Gasteiger partial charge >= 0.3 is 0 Å². The molecule has 2 amide bonds. The average Bonchev–Trinajstić information content (AvgIpc) is 2.74. The lowest BCUT2D eigenvalue weighted by molar-refractivity contribution is -0.133. The first kappa shape index (κ1) is 15.8. The lowest BCUT2D eigenvalue weighted by atomic mass is 9.94. The van der Waals surface area contributed by atoms with Gasteiger partial charge in [-0.25, -0.2) is 0 Å². The van der Waals surface area contributed by atoms with E-state index in [1.54, 1.807) is 18.7 Å². The molecule has 0 atom stereocenters. The molecular formula is C15H23N3O2S. The molecule has 1 aromatic rings. The van der Waals surface area contributed by atoms with Crippen molar-refractivity contribution in [1.29, 1.82) is 0 Å². The van der Waals surface area contributed by atoms with Crippen LogP contribution in [0.15, 0.2) is 6.07 Å². The Balaban J connectivity index is 2.36. The Labute approximate surface area is 129 Å². The lowest BCUT2D eigenvalue weighted by Gasteiger charge is -2.41. The molecule has 6 heteroatoms. The maximum absolute atomic E-state index is 12.8. The third-order valence-electron chi connectivity index (χ3n) is 3.79. The van der Waals surface area contributed by atoms with Crippen LogP contribution in [0.5, 0.6) is 0 Å². The van der Waals surface area contributed by atoms with Crippen molar-refractivity contribution >= 4 is 28.8 Å². The van der Waals surface area contributed by atoms with Crippen molar-refractivity contribution in [3.05, 3.63) is 15.8 Å². The van der Waals surface area contributed by atoms with Gasteiger partial charge in [-0.1, -0.05) is 20.8 Å². The van der Waals surface area contributed by atoms with Crippen LogP contribution in [0, 0.1) is 0 Å². The monoisotopic (exact) mass is 309 g/mol. The fraction of sp³-hybridized carbons (Fsp3) is 0.600. The predicted molar refractivity (Wildman–Crippen MR) is 85.6 cm³/mol. The van der Waals surface area contributed by atoms with E-state index in [1.807, 2.05) is 6.07 Å². The molecule has 0 spiro atoms. The highest BCUT2D eigenvalue weighted by molar-refractivity contribution is 7.14. The van der Waals surface area contributed by atoms with E-state index in [0.29, 0.717) is 23.7 Å². The summed E-state index contributed by atoms with van der Waals surface area (Å²) in [6, 6.07) is 1.87. The predicted octanol–water partition coefficient (Wildman–Crippen LogP) is 1.98. The number of nitrogen functional groups attached to an aromatic ring is 1. The van der Waals surface area contributed by atoms with Crippen LogP contribution in [0.2, 0.25) is 0 Å². The van der Waals surface area contributed by atoms with E-state index in [0.717, 1.165) is 4.88 Å². The van der Waals surface area contributed by atoms with E-state index >= 15 is 0 Å². The number of anilines is 1. The van der Waals surface area contributed by atoms with Crippen molar-refractivity contribution in [2.24, 2.45) is 0 Å². The van der Waals surface area contributed by atoms with Gasteiger partial charge in [0, 0.05) is 18.0 Å². The molecule has 2 rings (SSSR count). The summed E-state index contributed by atoms with van der Waals surface area (Å²) in [6.45, 7) is 10.8. The Hall–Kier alpha value is -1.56. The number of carbonyl (C=O) groups excluding carboxylic acids is 2. The number of thiophene rings is 1. The summed E-state index contributed by atoms with van der Waals surface area (Å²) in [7, 11) is 0. The Morgan fingerprint density at radius 3 is 2.57 bits per heavy atom. The van der Waals surface area contributed by atoms with Crippen LogP contribution in [-0.2, 0) is 10.2 Å². The van der Waals surface area contributed by atoms with Gasteiger partial charge in [0.05, 0.1) is 5.69 Å². The highest BCUT2D eigenvalue weighted by Gasteiger charge is 2.41. The Kier molecular flexibility index (Phi) is 3.78. The van der Waals surface area contributed by atoms with Crippen LogP contribution in [0.1, 0.15) is 49.2 Å². The van der Waals surface area contributed by atoms with Gasteiger partial charge in [-0.3, -0.25) is 9.59 Å². The summed E-state index contributed by atoms with van der Waals surface area (Å²) in [5.41, 5.74) is 5.63. The first-order valence-electron chi connectivity index (χ1n) is 7.05. The summed E-state index contributed by atoms with van der Waals surface area (Å²) in [5.74, 6) is -0.291. The first-order valence-corrected chi connectivity index (χ1v) is 7.87. The highest BCUT2D eigenvalue weighted by atomic mass is 32.1. The number of hydrogen-bond donors (Lipinski definition) is 2. The summed E-state index contributed by atoms with van der Waals surface area (Å²) in [6.07, 6.45) is 0. The van der Waals surface area contributed by atoms with Crippen LogP contribution in [0.3, 0.4) is 0 Å². The number of rotatable bonds is 1. The average molecular weight is 309 g/mol. The number of nitrogens with two attached hydrogens (primary N) is 1. The smallest absolute Gasteiger partial charge is 0.266 e. The first-order chi connectivity index (χ1) is 9.55. The molecule has 2 heterocycles. The maximum atomic E-state index is 12.8. The molecule has 0 aliphatic carbocycles. The topological polar surface area (TPSA) is 75.4 Å². The van der Waals surface area contributed by atoms with Crippen LogP contribution in [-0.4, -0.2) is 35.3 Å².